The number of rotatable bonds is 10. The molecule has 0 unspecified atom stereocenters. The first-order chi connectivity index (χ1) is 31.9. The molecule has 0 radical (unpaired) electrons. The Hall–Kier alpha value is -6.25. The van der Waals surface area contributed by atoms with Gasteiger partial charge in [-0.3, -0.25) is 9.59 Å². The Morgan fingerprint density at radius 2 is 1.40 bits per heavy atom. The van der Waals surface area contributed by atoms with Crippen molar-refractivity contribution in [3.63, 3.8) is 0 Å². The number of aromatic amines is 2. The number of nitrogens with one attached hydrogen (secondary N) is 4. The molecule has 3 aromatic carbocycles. The SMILES string of the molecule is COC(=O)N[C@H](C(=O)N1CC2(CC2)C[C@H]1c1ncc(-c2ccc3c(c2)C(F)(F)c2cc(-c4ccc5[nH]c([C@]6(C)[C@H]7CC[C@H](C7)N6C(=O)[C@@H](NC(=O)OC)C(C)C)c(C)c5c4)ccc2-3)[nH]1)C(C)C. The highest BCUT2D eigenvalue weighted by molar-refractivity contribution is 5.92. The van der Waals surface area contributed by atoms with Gasteiger partial charge in [-0.05, 0) is 128 Å². The highest BCUT2D eigenvalue weighted by Crippen LogP contribution is 2.59. The molecule has 10 rings (SSSR count). The predicted molar refractivity (Wildman–Crippen MR) is 249 cm³/mol. The molecule has 4 N–H and O–H groups in total. The zero-order valence-electron chi connectivity index (χ0n) is 39.3. The van der Waals surface area contributed by atoms with Crippen molar-refractivity contribution in [1.29, 1.82) is 0 Å². The first-order valence-corrected chi connectivity index (χ1v) is 23.6. The second kappa shape index (κ2) is 15.9. The van der Waals surface area contributed by atoms with Gasteiger partial charge >= 0.3 is 12.2 Å². The summed E-state index contributed by atoms with van der Waals surface area (Å²) in [6.45, 7) is 12.3. The molecule has 67 heavy (non-hydrogen) atoms. The third-order valence-electron chi connectivity index (χ3n) is 16.0. The third-order valence-corrected chi connectivity index (χ3v) is 16.0. The number of nitrogens with zero attached hydrogens (tertiary/aromatic N) is 3. The minimum atomic E-state index is -3.28. The Morgan fingerprint density at radius 3 is 2.03 bits per heavy atom. The van der Waals surface area contributed by atoms with E-state index in [1.807, 2.05) is 67.8 Å². The molecule has 5 aromatic rings. The molecule has 2 aromatic heterocycles. The number of H-pyrrole nitrogens is 2. The van der Waals surface area contributed by atoms with Crippen molar-refractivity contribution in [2.75, 3.05) is 20.8 Å². The number of alkyl carbamates (subject to hydrolysis) is 2. The van der Waals surface area contributed by atoms with Crippen molar-refractivity contribution >= 4 is 34.9 Å². The van der Waals surface area contributed by atoms with Crippen LogP contribution in [0.15, 0.2) is 60.8 Å². The van der Waals surface area contributed by atoms with E-state index in [0.29, 0.717) is 40.3 Å². The maximum atomic E-state index is 16.8. The number of hydrogen-bond acceptors (Lipinski definition) is 7. The second-order valence-corrected chi connectivity index (χ2v) is 20.6. The minimum absolute atomic E-state index is 0.0106. The summed E-state index contributed by atoms with van der Waals surface area (Å²) in [6, 6.07) is 14.5. The van der Waals surface area contributed by atoms with Crippen molar-refractivity contribution in [2.24, 2.45) is 23.2 Å². The van der Waals surface area contributed by atoms with E-state index in [4.69, 9.17) is 14.5 Å². The lowest BCUT2D eigenvalue weighted by Crippen LogP contribution is -2.59. The Morgan fingerprint density at radius 1 is 0.806 bits per heavy atom. The largest absolute Gasteiger partial charge is 0.453 e. The molecule has 2 bridgehead atoms. The number of likely N-dealkylation sites (tertiary alicyclic amines) is 2. The van der Waals surface area contributed by atoms with Gasteiger partial charge in [-0.2, -0.15) is 8.78 Å². The van der Waals surface area contributed by atoms with E-state index in [0.717, 1.165) is 66.2 Å². The Labute approximate surface area is 388 Å². The molecule has 13 nitrogen and oxygen atoms in total. The topological polar surface area (TPSA) is 162 Å². The van der Waals surface area contributed by atoms with Gasteiger partial charge in [0.05, 0.1) is 37.7 Å². The summed E-state index contributed by atoms with van der Waals surface area (Å²) in [7, 11) is 2.56. The lowest BCUT2D eigenvalue weighted by Gasteiger charge is -2.46. The summed E-state index contributed by atoms with van der Waals surface area (Å²) in [4.78, 5) is 68.5. The van der Waals surface area contributed by atoms with Gasteiger partial charge in [-0.25, -0.2) is 14.6 Å². The summed E-state index contributed by atoms with van der Waals surface area (Å²) in [5.74, 6) is -3.15. The summed E-state index contributed by atoms with van der Waals surface area (Å²) in [6.07, 6.45) is 5.82. The van der Waals surface area contributed by atoms with Crippen LogP contribution in [-0.2, 0) is 30.5 Å². The van der Waals surface area contributed by atoms with Crippen LogP contribution >= 0.6 is 0 Å². The molecular formula is C52H59F2N7O6. The quantitative estimate of drug-likeness (QED) is 0.108. The number of carbonyl (C=O) groups is 4. The van der Waals surface area contributed by atoms with E-state index in [9.17, 15) is 19.2 Å². The molecular weight excluding hydrogens is 857 g/mol. The number of ether oxygens (including phenoxy) is 2. The van der Waals surface area contributed by atoms with Crippen LogP contribution in [0.4, 0.5) is 18.4 Å². The second-order valence-electron chi connectivity index (χ2n) is 20.6. The van der Waals surface area contributed by atoms with Crippen molar-refractivity contribution < 1.29 is 37.4 Å². The highest BCUT2D eigenvalue weighted by Gasteiger charge is 2.59. The fourth-order valence-electron chi connectivity index (χ4n) is 12.0. The summed E-state index contributed by atoms with van der Waals surface area (Å²) >= 11 is 0. The molecule has 2 aliphatic heterocycles. The number of halogens is 2. The molecule has 6 atom stereocenters. The highest BCUT2D eigenvalue weighted by atomic mass is 19.3. The van der Waals surface area contributed by atoms with Gasteiger partial charge in [0.2, 0.25) is 11.8 Å². The van der Waals surface area contributed by atoms with Gasteiger partial charge < -0.3 is 39.9 Å². The fraction of sp³-hybridized carbons (Fsp3) is 0.481. The van der Waals surface area contributed by atoms with Gasteiger partial charge in [0, 0.05) is 45.9 Å². The number of imidazole rings is 1. The number of fused-ring (bicyclic) bond motifs is 6. The van der Waals surface area contributed by atoms with Gasteiger partial charge in [-0.15, -0.1) is 0 Å². The molecule has 4 heterocycles. The zero-order chi connectivity index (χ0) is 47.5. The predicted octanol–water partition coefficient (Wildman–Crippen LogP) is 9.69. The minimum Gasteiger partial charge on any atom is -0.453 e. The van der Waals surface area contributed by atoms with Crippen molar-refractivity contribution in [2.45, 2.75) is 116 Å². The smallest absolute Gasteiger partial charge is 0.407 e. The number of piperidine rings is 1. The number of amides is 4. The average Bonchev–Trinajstić information content (AvgIpc) is 3.91. The Balaban J connectivity index is 0.920. The van der Waals surface area contributed by atoms with E-state index in [2.05, 4.69) is 34.4 Å². The molecule has 5 aliphatic rings. The van der Waals surface area contributed by atoms with E-state index >= 15 is 8.78 Å². The van der Waals surface area contributed by atoms with Crippen molar-refractivity contribution in [1.82, 2.24) is 35.4 Å². The molecule has 3 aliphatic carbocycles. The molecule has 4 amide bonds. The number of aromatic nitrogens is 3. The normalized spacial score (nSPS) is 23.7. The molecule has 4 fully saturated rings. The lowest BCUT2D eigenvalue weighted by atomic mass is 9.79. The molecule has 2 saturated carbocycles. The molecule has 352 valence electrons. The first kappa shape index (κ1) is 44.6. The summed E-state index contributed by atoms with van der Waals surface area (Å²) < 4.78 is 43.3. The van der Waals surface area contributed by atoms with Crippen LogP contribution < -0.4 is 10.6 Å². The number of hydrogen-bond donors (Lipinski definition) is 4. The average molecular weight is 916 g/mol. The summed E-state index contributed by atoms with van der Waals surface area (Å²) in [5, 5.41) is 6.44. The molecule has 15 heteroatoms. The maximum absolute atomic E-state index is 16.8. The van der Waals surface area contributed by atoms with Gasteiger partial charge in [0.15, 0.2) is 0 Å². The fourth-order valence-corrected chi connectivity index (χ4v) is 12.0. The number of methoxy groups -OCH3 is 2. The van der Waals surface area contributed by atoms with Crippen LogP contribution in [0.1, 0.15) is 107 Å². The lowest BCUT2D eigenvalue weighted by molar-refractivity contribution is -0.144. The molecule has 1 spiro atoms. The van der Waals surface area contributed by atoms with E-state index in [-0.39, 0.29) is 58.2 Å². The number of aryl methyl sites for hydroxylation is 1. The van der Waals surface area contributed by atoms with Crippen molar-refractivity contribution in [3.05, 3.63) is 89.0 Å². The van der Waals surface area contributed by atoms with E-state index in [1.165, 1.54) is 20.3 Å². The summed E-state index contributed by atoms with van der Waals surface area (Å²) in [5.41, 5.74) is 5.59. The number of carbonyl (C=O) groups excluding carboxylic acids is 4. The Bertz CT molecular complexity index is 2850. The third kappa shape index (κ3) is 7.08. The van der Waals surface area contributed by atoms with Crippen molar-refractivity contribution in [3.8, 4) is 33.5 Å². The van der Waals surface area contributed by atoms with E-state index in [1.54, 1.807) is 24.4 Å². The maximum Gasteiger partial charge on any atom is 0.407 e. The zero-order valence-corrected chi connectivity index (χ0v) is 39.3. The van der Waals surface area contributed by atoms with E-state index < -0.39 is 35.7 Å². The van der Waals surface area contributed by atoms with Crippen LogP contribution in [0.2, 0.25) is 0 Å². The van der Waals surface area contributed by atoms with Crippen LogP contribution in [-0.4, -0.2) is 87.6 Å². The van der Waals surface area contributed by atoms with Gasteiger partial charge in [0.1, 0.15) is 17.9 Å². The molecule has 2 saturated heterocycles. The van der Waals surface area contributed by atoms with Crippen LogP contribution in [0.5, 0.6) is 0 Å². The first-order valence-electron chi connectivity index (χ1n) is 23.6. The van der Waals surface area contributed by atoms with Crippen LogP contribution in [0, 0.1) is 30.1 Å². The van der Waals surface area contributed by atoms with Crippen LogP contribution in [0.25, 0.3) is 44.4 Å². The standard InChI is InChI=1S/C52H59F2N7O6/c1-26(2)42(58-48(64)66-7)46(62)60-25-51(17-18-51)23-41(60)45-55-24-40(57-45)31-10-15-35-34-14-9-30(20-37(34)52(53,54)38(35)21-31)29-11-16-39-36(19-29)28(5)44(56-39)50(6)32-12-13-33(22-32)61(50)47(63)43(27(3)4)59-49(65)67-8/h9-11,14-16,19-21,24,26-27,32-33,41-43,56H,12-13,17-18,22-23,25H2,1-8H3,(H,55,57)(H,58,64)(H,59,65)/t32-,33+,41-,42-,43-,50-/m0/s1. The van der Waals surface area contributed by atoms with Crippen LogP contribution in [0.3, 0.4) is 0 Å². The Kier molecular flexibility index (Phi) is 10.6. The number of alkyl halides is 2. The van der Waals surface area contributed by atoms with Gasteiger partial charge in [0.25, 0.3) is 5.92 Å². The van der Waals surface area contributed by atoms with Gasteiger partial charge in [-0.1, -0.05) is 58.0 Å². The number of benzene rings is 3. The monoisotopic (exact) mass is 915 g/mol.